The quantitative estimate of drug-likeness (QED) is 0.762. The molecule has 0 aromatic heterocycles. The molecule has 2 fully saturated rings. The number of benzene rings is 1. The van der Waals surface area contributed by atoms with E-state index in [0.717, 1.165) is 61.5 Å². The molecule has 2 heterocycles. The molecule has 9 heteroatoms. The molecule has 0 bridgehead atoms. The first-order chi connectivity index (χ1) is 14.3. The lowest BCUT2D eigenvalue weighted by Crippen LogP contribution is -2.57. The molecule has 30 heavy (non-hydrogen) atoms. The summed E-state index contributed by atoms with van der Waals surface area (Å²) in [5, 5.41) is 3.04. The second-order valence-corrected chi connectivity index (χ2v) is 10.8. The zero-order valence-corrected chi connectivity index (χ0v) is 18.5. The molecule has 1 aliphatic carbocycles. The average Bonchev–Trinajstić information content (AvgIpc) is 3.23. The molecular formula is C21H30N4O4S. The van der Waals surface area contributed by atoms with Crippen molar-refractivity contribution in [3.05, 3.63) is 18.2 Å². The number of piperidine rings is 1. The zero-order chi connectivity index (χ0) is 21.5. The van der Waals surface area contributed by atoms with Gasteiger partial charge in [-0.05, 0) is 50.3 Å². The summed E-state index contributed by atoms with van der Waals surface area (Å²) in [6, 6.07) is 4.78. The Kier molecular flexibility index (Phi) is 5.76. The SMILES string of the molecule is CN(C)S(=O)(=O)c1ccc2c(c1)N(CC(=O)NC1CCCC1)C(=O)[C@H]1CCCCN21. The third-order valence-corrected chi connectivity index (χ3v) is 8.21. The van der Waals surface area contributed by atoms with Gasteiger partial charge in [0.25, 0.3) is 0 Å². The maximum Gasteiger partial charge on any atom is 0.250 e. The number of rotatable bonds is 5. The Bertz CT molecular complexity index is 940. The highest BCUT2D eigenvalue weighted by Gasteiger charge is 2.40. The Labute approximate surface area is 178 Å². The maximum absolute atomic E-state index is 13.3. The van der Waals surface area contributed by atoms with E-state index >= 15 is 0 Å². The molecule has 1 aromatic rings. The van der Waals surface area contributed by atoms with Crippen LogP contribution in [0.1, 0.15) is 44.9 Å². The monoisotopic (exact) mass is 434 g/mol. The molecular weight excluding hydrogens is 404 g/mol. The molecule has 0 radical (unpaired) electrons. The van der Waals surface area contributed by atoms with Crippen molar-refractivity contribution >= 4 is 33.2 Å². The molecule has 3 aliphatic rings. The van der Waals surface area contributed by atoms with E-state index in [2.05, 4.69) is 10.2 Å². The van der Waals surface area contributed by atoms with Crippen LogP contribution < -0.4 is 15.1 Å². The first-order valence-corrected chi connectivity index (χ1v) is 12.2. The normalized spacial score (nSPS) is 22.2. The molecule has 2 amide bonds. The summed E-state index contributed by atoms with van der Waals surface area (Å²) in [7, 11) is -0.692. The van der Waals surface area contributed by atoms with Crippen LogP contribution in [0.3, 0.4) is 0 Å². The summed E-state index contributed by atoms with van der Waals surface area (Å²) >= 11 is 0. The topological polar surface area (TPSA) is 90.0 Å². The van der Waals surface area contributed by atoms with Crippen LogP contribution >= 0.6 is 0 Å². The van der Waals surface area contributed by atoms with Gasteiger partial charge in [-0.15, -0.1) is 0 Å². The minimum Gasteiger partial charge on any atom is -0.358 e. The van der Waals surface area contributed by atoms with Crippen LogP contribution in [0.5, 0.6) is 0 Å². The molecule has 1 saturated carbocycles. The predicted molar refractivity (Wildman–Crippen MR) is 115 cm³/mol. The molecule has 1 atom stereocenters. The van der Waals surface area contributed by atoms with Gasteiger partial charge in [-0.1, -0.05) is 12.8 Å². The zero-order valence-electron chi connectivity index (χ0n) is 17.6. The van der Waals surface area contributed by atoms with Crippen LogP contribution in [-0.4, -0.2) is 63.8 Å². The number of carbonyl (C=O) groups excluding carboxylic acids is 2. The smallest absolute Gasteiger partial charge is 0.250 e. The molecule has 0 spiro atoms. The van der Waals surface area contributed by atoms with Crippen molar-refractivity contribution in [3.63, 3.8) is 0 Å². The average molecular weight is 435 g/mol. The van der Waals surface area contributed by atoms with Gasteiger partial charge in [-0.3, -0.25) is 14.5 Å². The first-order valence-electron chi connectivity index (χ1n) is 10.7. The third-order valence-electron chi connectivity index (χ3n) is 6.40. The minimum absolute atomic E-state index is 0.0852. The summed E-state index contributed by atoms with van der Waals surface area (Å²) in [4.78, 5) is 29.7. The standard InChI is InChI=1S/C21H30N4O4S/c1-23(2)30(28,29)16-10-11-17-19(13-16)25(14-20(26)22-15-7-3-4-8-15)21(27)18-9-5-6-12-24(17)18/h10-11,13,15,18H,3-9,12,14H2,1-2H3,(H,22,26)/t18-/m1/s1. The number of hydrogen-bond donors (Lipinski definition) is 1. The van der Waals surface area contributed by atoms with Gasteiger partial charge < -0.3 is 10.2 Å². The van der Waals surface area contributed by atoms with E-state index < -0.39 is 10.0 Å². The molecule has 0 unspecified atom stereocenters. The van der Waals surface area contributed by atoms with Crippen LogP contribution in [0.25, 0.3) is 0 Å². The highest BCUT2D eigenvalue weighted by atomic mass is 32.2. The number of nitrogens with one attached hydrogen (secondary N) is 1. The summed E-state index contributed by atoms with van der Waals surface area (Å²) < 4.78 is 26.5. The number of anilines is 2. The van der Waals surface area contributed by atoms with Crippen LogP contribution in [0.2, 0.25) is 0 Å². The minimum atomic E-state index is -3.65. The second-order valence-electron chi connectivity index (χ2n) is 8.62. The summed E-state index contributed by atoms with van der Waals surface area (Å²) in [6.07, 6.45) is 6.87. The second kappa shape index (κ2) is 8.19. The van der Waals surface area contributed by atoms with E-state index in [1.54, 1.807) is 12.1 Å². The lowest BCUT2D eigenvalue weighted by Gasteiger charge is -2.45. The summed E-state index contributed by atoms with van der Waals surface area (Å²) in [5.74, 6) is -0.311. The van der Waals surface area contributed by atoms with Crippen LogP contribution in [0, 0.1) is 0 Å². The number of fused-ring (bicyclic) bond motifs is 3. The van der Waals surface area contributed by atoms with E-state index in [9.17, 15) is 18.0 Å². The predicted octanol–water partition coefficient (Wildman–Crippen LogP) is 1.70. The van der Waals surface area contributed by atoms with Gasteiger partial charge in [0.2, 0.25) is 21.8 Å². The van der Waals surface area contributed by atoms with E-state index in [4.69, 9.17) is 0 Å². The number of sulfonamides is 1. The van der Waals surface area contributed by atoms with Crippen molar-refractivity contribution in [2.24, 2.45) is 0 Å². The van der Waals surface area contributed by atoms with Crippen molar-refractivity contribution in [2.45, 2.75) is 61.9 Å². The Hall–Kier alpha value is -2.13. The van der Waals surface area contributed by atoms with E-state index in [0.29, 0.717) is 5.69 Å². The Morgan fingerprint density at radius 3 is 2.50 bits per heavy atom. The molecule has 1 aromatic carbocycles. The lowest BCUT2D eigenvalue weighted by atomic mass is 9.96. The molecule has 2 aliphatic heterocycles. The van der Waals surface area contributed by atoms with Crippen molar-refractivity contribution in [3.8, 4) is 0 Å². The van der Waals surface area contributed by atoms with Crippen molar-refractivity contribution in [1.29, 1.82) is 0 Å². The first kappa shape index (κ1) is 21.1. The number of carbonyl (C=O) groups is 2. The Morgan fingerprint density at radius 2 is 1.80 bits per heavy atom. The molecule has 164 valence electrons. The molecule has 4 rings (SSSR count). The van der Waals surface area contributed by atoms with Gasteiger partial charge >= 0.3 is 0 Å². The molecule has 1 N–H and O–H groups in total. The van der Waals surface area contributed by atoms with Gasteiger partial charge in [-0.2, -0.15) is 0 Å². The maximum atomic E-state index is 13.3. The highest BCUT2D eigenvalue weighted by Crippen LogP contribution is 2.40. The van der Waals surface area contributed by atoms with Crippen molar-refractivity contribution < 1.29 is 18.0 Å². The van der Waals surface area contributed by atoms with Gasteiger partial charge in [-0.25, -0.2) is 12.7 Å². The summed E-state index contributed by atoms with van der Waals surface area (Å²) in [5.41, 5.74) is 1.33. The van der Waals surface area contributed by atoms with Gasteiger partial charge in [0.1, 0.15) is 12.6 Å². The number of hydrogen-bond acceptors (Lipinski definition) is 5. The third kappa shape index (κ3) is 3.80. The van der Waals surface area contributed by atoms with E-state index in [-0.39, 0.29) is 35.3 Å². The van der Waals surface area contributed by atoms with Gasteiger partial charge in [0.05, 0.1) is 16.3 Å². The van der Waals surface area contributed by atoms with Crippen molar-refractivity contribution in [2.75, 3.05) is 37.0 Å². The van der Waals surface area contributed by atoms with Crippen molar-refractivity contribution in [1.82, 2.24) is 9.62 Å². The largest absolute Gasteiger partial charge is 0.358 e. The van der Waals surface area contributed by atoms with Gasteiger partial charge in [0, 0.05) is 26.7 Å². The van der Waals surface area contributed by atoms with Crippen LogP contribution in [0.15, 0.2) is 23.1 Å². The number of amides is 2. The summed E-state index contributed by atoms with van der Waals surface area (Å²) in [6.45, 7) is 0.670. The highest BCUT2D eigenvalue weighted by molar-refractivity contribution is 7.89. The Morgan fingerprint density at radius 1 is 1.10 bits per heavy atom. The fraction of sp³-hybridized carbons (Fsp3) is 0.619. The number of nitrogens with zero attached hydrogens (tertiary/aromatic N) is 3. The fourth-order valence-corrected chi connectivity index (χ4v) is 5.68. The Balaban J connectivity index is 1.69. The lowest BCUT2D eigenvalue weighted by molar-refractivity contribution is -0.125. The van der Waals surface area contributed by atoms with Gasteiger partial charge in [0.15, 0.2) is 0 Å². The molecule has 1 saturated heterocycles. The molecule has 8 nitrogen and oxygen atoms in total. The van der Waals surface area contributed by atoms with E-state index in [1.807, 2.05) is 0 Å². The van der Waals surface area contributed by atoms with E-state index in [1.165, 1.54) is 25.1 Å². The van der Waals surface area contributed by atoms with Crippen LogP contribution in [-0.2, 0) is 19.6 Å². The fourth-order valence-electron chi connectivity index (χ4n) is 4.76. The van der Waals surface area contributed by atoms with Crippen LogP contribution in [0.4, 0.5) is 11.4 Å².